The normalized spacial score (nSPS) is 7.50. The van der Waals surface area contributed by atoms with Crippen LogP contribution in [0.5, 0.6) is 0 Å². The average molecular weight is 113 g/mol. The third kappa shape index (κ3) is 3.19. The highest BCUT2D eigenvalue weighted by molar-refractivity contribution is 5.70. The van der Waals surface area contributed by atoms with Crippen molar-refractivity contribution in [2.24, 2.45) is 5.73 Å². The first-order valence-corrected chi connectivity index (χ1v) is 2.16. The Morgan fingerprint density at radius 2 is 2.50 bits per heavy atom. The number of nitrogens with two attached hydrogens (primary N) is 1. The number of hydrogen-bond donors (Lipinski definition) is 1. The zero-order chi connectivity index (χ0) is 6.41. The summed E-state index contributed by atoms with van der Waals surface area (Å²) < 4.78 is 4.09. The molecular formula is C5H7NO2. The number of rotatable bonds is 2. The van der Waals surface area contributed by atoms with Crippen LogP contribution in [0, 0.1) is 12.5 Å². The van der Waals surface area contributed by atoms with E-state index < -0.39 is 5.97 Å². The molecule has 0 aliphatic heterocycles. The molecule has 0 fully saturated rings. The van der Waals surface area contributed by atoms with Gasteiger partial charge in [-0.1, -0.05) is 6.42 Å². The average Bonchev–Trinajstić information content (AvgIpc) is 1.68. The lowest BCUT2D eigenvalue weighted by molar-refractivity contribution is -0.136. The predicted octanol–water partition coefficient (Wildman–Crippen LogP) is -0.531. The maximum atomic E-state index is 10.2. The SMILES string of the molecule is C#COC(=O)CCN. The first-order valence-electron chi connectivity index (χ1n) is 2.16. The van der Waals surface area contributed by atoms with Crippen molar-refractivity contribution in [3.05, 3.63) is 0 Å². The van der Waals surface area contributed by atoms with Gasteiger partial charge >= 0.3 is 5.97 Å². The molecule has 0 heterocycles. The Hall–Kier alpha value is -1.01. The van der Waals surface area contributed by atoms with Crippen LogP contribution in [-0.2, 0) is 9.53 Å². The molecule has 3 heteroatoms. The second-order valence-corrected chi connectivity index (χ2v) is 1.13. The van der Waals surface area contributed by atoms with Crippen molar-refractivity contribution >= 4 is 5.97 Å². The van der Waals surface area contributed by atoms with E-state index in [-0.39, 0.29) is 13.0 Å². The second-order valence-electron chi connectivity index (χ2n) is 1.13. The van der Waals surface area contributed by atoms with Crippen LogP contribution in [0.25, 0.3) is 0 Å². The highest BCUT2D eigenvalue weighted by Crippen LogP contribution is 1.78. The third-order valence-corrected chi connectivity index (χ3v) is 0.521. The van der Waals surface area contributed by atoms with E-state index in [4.69, 9.17) is 5.73 Å². The zero-order valence-electron chi connectivity index (χ0n) is 4.39. The summed E-state index contributed by atoms with van der Waals surface area (Å²) in [5, 5.41) is 0. The monoisotopic (exact) mass is 113 g/mol. The number of hydrogen-bond acceptors (Lipinski definition) is 3. The van der Waals surface area contributed by atoms with Crippen LogP contribution in [-0.4, -0.2) is 12.5 Å². The Morgan fingerprint density at radius 1 is 1.88 bits per heavy atom. The van der Waals surface area contributed by atoms with Crippen molar-refractivity contribution in [3.8, 4) is 12.5 Å². The van der Waals surface area contributed by atoms with E-state index in [1.165, 1.54) is 0 Å². The maximum absolute atomic E-state index is 10.2. The van der Waals surface area contributed by atoms with Gasteiger partial charge in [0.25, 0.3) is 0 Å². The molecule has 0 saturated heterocycles. The van der Waals surface area contributed by atoms with Gasteiger partial charge in [-0.3, -0.25) is 4.79 Å². The Balaban J connectivity index is 3.23. The molecular weight excluding hydrogens is 106 g/mol. The highest BCUT2D eigenvalue weighted by atomic mass is 16.5. The van der Waals surface area contributed by atoms with E-state index >= 15 is 0 Å². The largest absolute Gasteiger partial charge is 0.372 e. The summed E-state index contributed by atoms with van der Waals surface area (Å²) in [6, 6.07) is 0. The smallest absolute Gasteiger partial charge is 0.321 e. The van der Waals surface area contributed by atoms with Gasteiger partial charge in [0, 0.05) is 6.54 Å². The lowest BCUT2D eigenvalue weighted by Gasteiger charge is -1.89. The van der Waals surface area contributed by atoms with Crippen molar-refractivity contribution in [1.29, 1.82) is 0 Å². The van der Waals surface area contributed by atoms with Crippen molar-refractivity contribution in [3.63, 3.8) is 0 Å². The predicted molar refractivity (Wildman–Crippen MR) is 28.6 cm³/mol. The van der Waals surface area contributed by atoms with E-state index in [2.05, 4.69) is 11.2 Å². The van der Waals surface area contributed by atoms with Crippen molar-refractivity contribution < 1.29 is 9.53 Å². The Bertz CT molecular complexity index is 114. The quantitative estimate of drug-likeness (QED) is 0.387. The minimum atomic E-state index is -0.449. The number of carbonyl (C=O) groups is 1. The molecule has 0 spiro atoms. The minimum Gasteiger partial charge on any atom is -0.372 e. The van der Waals surface area contributed by atoms with Gasteiger partial charge in [-0.05, 0) is 0 Å². The van der Waals surface area contributed by atoms with E-state index in [0.717, 1.165) is 0 Å². The molecule has 0 aromatic heterocycles. The van der Waals surface area contributed by atoms with Gasteiger partial charge in [0.15, 0.2) is 0 Å². The van der Waals surface area contributed by atoms with E-state index in [1.54, 1.807) is 6.11 Å². The topological polar surface area (TPSA) is 52.3 Å². The van der Waals surface area contributed by atoms with E-state index in [9.17, 15) is 4.79 Å². The summed E-state index contributed by atoms with van der Waals surface area (Å²) >= 11 is 0. The molecule has 0 aliphatic carbocycles. The number of terminal acetylenes is 1. The lowest BCUT2D eigenvalue weighted by Crippen LogP contribution is -2.08. The van der Waals surface area contributed by atoms with Crippen molar-refractivity contribution in [1.82, 2.24) is 0 Å². The van der Waals surface area contributed by atoms with Gasteiger partial charge in [-0.2, -0.15) is 0 Å². The number of carbonyl (C=O) groups excluding carboxylic acids is 1. The fourth-order valence-corrected chi connectivity index (χ4v) is 0.235. The van der Waals surface area contributed by atoms with Crippen LogP contribution in [0.4, 0.5) is 0 Å². The summed E-state index contributed by atoms with van der Waals surface area (Å²) in [7, 11) is 0. The first kappa shape index (κ1) is 6.99. The van der Waals surface area contributed by atoms with Crippen LogP contribution in [0.3, 0.4) is 0 Å². The Labute approximate surface area is 47.8 Å². The summed E-state index contributed by atoms with van der Waals surface area (Å²) in [5.74, 6) is -0.449. The molecule has 2 N–H and O–H groups in total. The summed E-state index contributed by atoms with van der Waals surface area (Å²) in [6.45, 7) is 0.278. The van der Waals surface area contributed by atoms with Gasteiger partial charge in [0.05, 0.1) is 6.42 Å². The van der Waals surface area contributed by atoms with Crippen LogP contribution in [0.1, 0.15) is 6.42 Å². The fraction of sp³-hybridized carbons (Fsp3) is 0.400. The fourth-order valence-electron chi connectivity index (χ4n) is 0.235. The molecule has 44 valence electrons. The zero-order valence-corrected chi connectivity index (χ0v) is 4.39. The molecule has 0 aliphatic rings. The molecule has 0 bridgehead atoms. The van der Waals surface area contributed by atoms with Gasteiger partial charge in [-0.25, -0.2) is 0 Å². The van der Waals surface area contributed by atoms with Gasteiger partial charge in [-0.15, -0.1) is 0 Å². The van der Waals surface area contributed by atoms with Gasteiger partial charge in [0.1, 0.15) is 6.11 Å². The van der Waals surface area contributed by atoms with E-state index in [0.29, 0.717) is 0 Å². The molecule has 3 nitrogen and oxygen atoms in total. The highest BCUT2D eigenvalue weighted by Gasteiger charge is 1.95. The molecule has 0 saturated carbocycles. The second kappa shape index (κ2) is 4.16. The molecule has 8 heavy (non-hydrogen) atoms. The Kier molecular flexibility index (Phi) is 3.63. The van der Waals surface area contributed by atoms with Gasteiger partial charge in [0.2, 0.25) is 0 Å². The van der Waals surface area contributed by atoms with E-state index in [1.807, 2.05) is 0 Å². The Morgan fingerprint density at radius 3 is 2.88 bits per heavy atom. The van der Waals surface area contributed by atoms with Crippen LogP contribution < -0.4 is 5.73 Å². The number of ether oxygens (including phenoxy) is 1. The summed E-state index contributed by atoms with van der Waals surface area (Å²) in [6.07, 6.45) is 6.56. The molecule has 0 aromatic carbocycles. The van der Waals surface area contributed by atoms with Crippen molar-refractivity contribution in [2.45, 2.75) is 6.42 Å². The molecule has 0 radical (unpaired) electrons. The molecule has 0 rings (SSSR count). The van der Waals surface area contributed by atoms with Crippen LogP contribution >= 0.6 is 0 Å². The first-order chi connectivity index (χ1) is 3.81. The summed E-state index contributed by atoms with van der Waals surface area (Å²) in [4.78, 5) is 10.2. The maximum Gasteiger partial charge on any atom is 0.321 e. The standard InChI is InChI=1S/C5H7NO2/c1-2-8-5(7)3-4-6/h1H,3-4,6H2. The van der Waals surface area contributed by atoms with Crippen LogP contribution in [0.15, 0.2) is 0 Å². The van der Waals surface area contributed by atoms with Gasteiger partial charge < -0.3 is 10.5 Å². The molecule has 0 aromatic rings. The molecule has 0 unspecified atom stereocenters. The minimum absolute atomic E-state index is 0.185. The third-order valence-electron chi connectivity index (χ3n) is 0.521. The molecule has 0 atom stereocenters. The number of esters is 1. The summed E-state index contributed by atoms with van der Waals surface area (Å²) in [5.41, 5.74) is 4.99. The lowest BCUT2D eigenvalue weighted by atomic mass is 10.4. The van der Waals surface area contributed by atoms with Crippen LogP contribution in [0.2, 0.25) is 0 Å². The van der Waals surface area contributed by atoms with Crippen molar-refractivity contribution in [2.75, 3.05) is 6.54 Å². The molecule has 0 amide bonds.